The summed E-state index contributed by atoms with van der Waals surface area (Å²) in [6, 6.07) is 12.3. The topological polar surface area (TPSA) is 87.7 Å². The maximum Gasteiger partial charge on any atom is 0.255 e. The second-order valence-electron chi connectivity index (χ2n) is 7.70. The Balaban J connectivity index is 1.65. The van der Waals surface area contributed by atoms with Gasteiger partial charge in [-0.3, -0.25) is 9.69 Å². The molecular weight excluding hydrogens is 414 g/mol. The molecule has 168 valence electrons. The van der Waals surface area contributed by atoms with Crippen molar-refractivity contribution < 1.29 is 17.9 Å². The zero-order valence-electron chi connectivity index (χ0n) is 18.2. The Hall–Kier alpha value is -2.42. The van der Waals surface area contributed by atoms with Crippen molar-refractivity contribution in [3.8, 4) is 5.75 Å². The molecule has 0 aliphatic carbocycles. The summed E-state index contributed by atoms with van der Waals surface area (Å²) in [5.74, 6) is -0.0464. The molecule has 2 N–H and O–H groups in total. The second-order valence-corrected chi connectivity index (χ2v) is 9.47. The lowest BCUT2D eigenvalue weighted by molar-refractivity contribution is 0.0952. The number of rotatable bonds is 9. The fourth-order valence-corrected chi connectivity index (χ4v) is 4.73. The first-order chi connectivity index (χ1) is 14.9. The number of carbonyl (C=O) groups excluding carboxylic acids is 1. The van der Waals surface area contributed by atoms with Crippen LogP contribution in [-0.2, 0) is 23.1 Å². The van der Waals surface area contributed by atoms with Crippen LogP contribution in [0.3, 0.4) is 0 Å². The van der Waals surface area contributed by atoms with E-state index in [1.54, 1.807) is 6.92 Å². The largest absolute Gasteiger partial charge is 0.496 e. The van der Waals surface area contributed by atoms with E-state index >= 15 is 0 Å². The fraction of sp³-hybridized carbons (Fsp3) is 0.435. The van der Waals surface area contributed by atoms with E-state index < -0.39 is 10.0 Å². The summed E-state index contributed by atoms with van der Waals surface area (Å²) in [6.45, 7) is 5.62. The molecule has 0 spiro atoms. The van der Waals surface area contributed by atoms with Gasteiger partial charge in [-0.25, -0.2) is 13.1 Å². The molecule has 0 unspecified atom stereocenters. The van der Waals surface area contributed by atoms with E-state index in [0.717, 1.165) is 25.2 Å². The van der Waals surface area contributed by atoms with E-state index in [1.165, 1.54) is 50.1 Å². The highest BCUT2D eigenvalue weighted by Gasteiger charge is 2.19. The number of nitrogens with zero attached hydrogens (tertiary/aromatic N) is 1. The van der Waals surface area contributed by atoms with Crippen LogP contribution in [0.4, 0.5) is 0 Å². The standard InChI is InChI=1S/C23H31N3O4S/c1-3-24-23(27)21-15-20(11-12-22(21)30-2)31(28,29)25-16-18-7-9-19(10-8-18)17-26-13-5-4-6-14-26/h7-12,15,25H,3-6,13-14,16-17H2,1-2H3,(H,24,27). The molecule has 0 radical (unpaired) electrons. The summed E-state index contributed by atoms with van der Waals surface area (Å²) in [5, 5.41) is 2.67. The Bertz CT molecular complexity index is 984. The van der Waals surface area contributed by atoms with Gasteiger partial charge in [0.05, 0.1) is 17.6 Å². The normalized spacial score (nSPS) is 14.9. The number of sulfonamides is 1. The molecule has 0 aromatic heterocycles. The number of nitrogens with one attached hydrogen (secondary N) is 2. The average Bonchev–Trinajstić information content (AvgIpc) is 2.79. The van der Waals surface area contributed by atoms with Crippen LogP contribution in [0.1, 0.15) is 47.7 Å². The van der Waals surface area contributed by atoms with E-state index in [9.17, 15) is 13.2 Å². The SMILES string of the molecule is CCNC(=O)c1cc(S(=O)(=O)NCc2ccc(CN3CCCCC3)cc2)ccc1OC. The van der Waals surface area contributed by atoms with Gasteiger partial charge in [0.25, 0.3) is 5.91 Å². The van der Waals surface area contributed by atoms with Gasteiger partial charge < -0.3 is 10.1 Å². The smallest absolute Gasteiger partial charge is 0.255 e. The zero-order valence-corrected chi connectivity index (χ0v) is 19.0. The van der Waals surface area contributed by atoms with Crippen molar-refractivity contribution >= 4 is 15.9 Å². The van der Waals surface area contributed by atoms with Crippen LogP contribution in [-0.4, -0.2) is 46.0 Å². The average molecular weight is 446 g/mol. The number of ether oxygens (including phenoxy) is 1. The van der Waals surface area contributed by atoms with Crippen molar-refractivity contribution in [3.63, 3.8) is 0 Å². The van der Waals surface area contributed by atoms with Gasteiger partial charge in [0, 0.05) is 19.6 Å². The third-order valence-corrected chi connectivity index (χ3v) is 6.81. The van der Waals surface area contributed by atoms with Crippen molar-refractivity contribution in [2.75, 3.05) is 26.7 Å². The first kappa shape index (κ1) is 23.2. The number of benzene rings is 2. The summed E-state index contributed by atoms with van der Waals surface area (Å²) in [4.78, 5) is 14.7. The van der Waals surface area contributed by atoms with Crippen molar-refractivity contribution in [1.82, 2.24) is 14.9 Å². The predicted octanol–water partition coefficient (Wildman–Crippen LogP) is 2.91. The van der Waals surface area contributed by atoms with Crippen LogP contribution in [0.5, 0.6) is 5.75 Å². The Morgan fingerprint density at radius 2 is 1.71 bits per heavy atom. The van der Waals surface area contributed by atoms with Crippen LogP contribution >= 0.6 is 0 Å². The first-order valence-electron chi connectivity index (χ1n) is 10.7. The van der Waals surface area contributed by atoms with Crippen LogP contribution in [0.25, 0.3) is 0 Å². The van der Waals surface area contributed by atoms with Crippen LogP contribution in [0.15, 0.2) is 47.4 Å². The number of likely N-dealkylation sites (tertiary alicyclic amines) is 1. The van der Waals surface area contributed by atoms with Gasteiger partial charge in [-0.05, 0) is 62.2 Å². The molecule has 8 heteroatoms. The van der Waals surface area contributed by atoms with Gasteiger partial charge in [-0.15, -0.1) is 0 Å². The molecular formula is C23H31N3O4S. The van der Waals surface area contributed by atoms with Gasteiger partial charge >= 0.3 is 0 Å². The highest BCUT2D eigenvalue weighted by atomic mass is 32.2. The molecule has 7 nitrogen and oxygen atoms in total. The summed E-state index contributed by atoms with van der Waals surface area (Å²) >= 11 is 0. The maximum atomic E-state index is 12.8. The Morgan fingerprint density at radius 1 is 1.03 bits per heavy atom. The minimum atomic E-state index is -3.78. The molecule has 1 fully saturated rings. The first-order valence-corrected chi connectivity index (χ1v) is 12.2. The predicted molar refractivity (Wildman–Crippen MR) is 121 cm³/mol. The molecule has 3 rings (SSSR count). The van der Waals surface area contributed by atoms with Crippen LogP contribution in [0, 0.1) is 0 Å². The highest BCUT2D eigenvalue weighted by molar-refractivity contribution is 7.89. The molecule has 0 saturated carbocycles. The number of piperidine rings is 1. The summed E-state index contributed by atoms with van der Waals surface area (Å²) < 4.78 is 33.4. The Morgan fingerprint density at radius 3 is 2.35 bits per heavy atom. The van der Waals surface area contributed by atoms with Gasteiger partial charge in [0.2, 0.25) is 10.0 Å². The molecule has 0 atom stereocenters. The third kappa shape index (κ3) is 6.29. The van der Waals surface area contributed by atoms with E-state index in [2.05, 4.69) is 27.1 Å². The summed E-state index contributed by atoms with van der Waals surface area (Å²) in [5.41, 5.74) is 2.30. The monoisotopic (exact) mass is 445 g/mol. The van der Waals surface area contributed by atoms with Crippen molar-refractivity contribution in [2.45, 2.75) is 44.2 Å². The van der Waals surface area contributed by atoms with Gasteiger partial charge in [-0.1, -0.05) is 30.7 Å². The molecule has 1 heterocycles. The molecule has 0 bridgehead atoms. The third-order valence-electron chi connectivity index (χ3n) is 5.41. The minimum absolute atomic E-state index is 0.0243. The van der Waals surface area contributed by atoms with E-state index in [1.807, 2.05) is 12.1 Å². The van der Waals surface area contributed by atoms with Gasteiger partial charge in [0.1, 0.15) is 5.75 Å². The van der Waals surface area contributed by atoms with E-state index in [0.29, 0.717) is 12.3 Å². The molecule has 31 heavy (non-hydrogen) atoms. The molecule has 1 aliphatic heterocycles. The van der Waals surface area contributed by atoms with Crippen LogP contribution < -0.4 is 14.8 Å². The van der Waals surface area contributed by atoms with E-state index in [4.69, 9.17) is 4.74 Å². The number of hydrogen-bond acceptors (Lipinski definition) is 5. The molecule has 1 amide bonds. The van der Waals surface area contributed by atoms with Gasteiger partial charge in [0.15, 0.2) is 0 Å². The quantitative estimate of drug-likeness (QED) is 0.620. The minimum Gasteiger partial charge on any atom is -0.496 e. The molecule has 2 aromatic carbocycles. The van der Waals surface area contributed by atoms with Crippen LogP contribution in [0.2, 0.25) is 0 Å². The molecule has 1 saturated heterocycles. The lowest BCUT2D eigenvalue weighted by Gasteiger charge is -2.26. The van der Waals surface area contributed by atoms with Crippen molar-refractivity contribution in [1.29, 1.82) is 0 Å². The number of amides is 1. The fourth-order valence-electron chi connectivity index (χ4n) is 3.69. The number of hydrogen-bond donors (Lipinski definition) is 2. The molecule has 1 aliphatic rings. The van der Waals surface area contributed by atoms with Crippen molar-refractivity contribution in [2.24, 2.45) is 0 Å². The Kier molecular flexibility index (Phi) is 8.06. The number of carbonyl (C=O) groups is 1. The second kappa shape index (κ2) is 10.7. The summed E-state index contributed by atoms with van der Waals surface area (Å²) in [7, 11) is -2.34. The lowest BCUT2D eigenvalue weighted by atomic mass is 10.1. The lowest BCUT2D eigenvalue weighted by Crippen LogP contribution is -2.29. The maximum absolute atomic E-state index is 12.8. The number of methoxy groups -OCH3 is 1. The summed E-state index contributed by atoms with van der Waals surface area (Å²) in [6.07, 6.45) is 3.83. The van der Waals surface area contributed by atoms with E-state index in [-0.39, 0.29) is 22.9 Å². The van der Waals surface area contributed by atoms with Crippen molar-refractivity contribution in [3.05, 3.63) is 59.2 Å². The molecule has 2 aromatic rings. The Labute approximate surface area is 184 Å². The highest BCUT2D eigenvalue weighted by Crippen LogP contribution is 2.23. The van der Waals surface area contributed by atoms with Gasteiger partial charge in [-0.2, -0.15) is 0 Å². The zero-order chi connectivity index (χ0) is 22.3.